The van der Waals surface area contributed by atoms with Gasteiger partial charge in [0, 0.05) is 6.42 Å². The molecule has 0 aromatic carbocycles. The van der Waals surface area contributed by atoms with Crippen molar-refractivity contribution in [3.8, 4) is 0 Å². The second-order valence-electron chi connectivity index (χ2n) is 5.61. The Hall–Kier alpha value is -0.570. The summed E-state index contributed by atoms with van der Waals surface area (Å²) in [5, 5.41) is 3.16. The fourth-order valence-corrected chi connectivity index (χ4v) is 2.24. The molecule has 0 bridgehead atoms. The van der Waals surface area contributed by atoms with Crippen LogP contribution in [0.4, 0.5) is 0 Å². The molecule has 0 unspecified atom stereocenters. The molecule has 0 saturated carbocycles. The van der Waals surface area contributed by atoms with E-state index in [4.69, 9.17) is 4.74 Å². The zero-order valence-electron chi connectivity index (χ0n) is 13.7. The van der Waals surface area contributed by atoms with Crippen LogP contribution in [-0.4, -0.2) is 26.2 Å². The summed E-state index contributed by atoms with van der Waals surface area (Å²) < 4.78 is 5.24. The fourth-order valence-electron chi connectivity index (χ4n) is 2.24. The van der Waals surface area contributed by atoms with E-state index in [1.54, 1.807) is 0 Å². The average molecular weight is 285 g/mol. The molecule has 0 amide bonds. The van der Waals surface area contributed by atoms with Crippen molar-refractivity contribution in [1.29, 1.82) is 0 Å². The maximum absolute atomic E-state index is 11.5. The predicted molar refractivity (Wildman–Crippen MR) is 86.0 cm³/mol. The van der Waals surface area contributed by atoms with Crippen molar-refractivity contribution in [2.75, 3.05) is 20.2 Å². The maximum Gasteiger partial charge on any atom is 0.305 e. The van der Waals surface area contributed by atoms with Crippen molar-refractivity contribution in [2.24, 2.45) is 0 Å². The van der Waals surface area contributed by atoms with E-state index < -0.39 is 0 Å². The topological polar surface area (TPSA) is 38.3 Å². The molecule has 20 heavy (non-hydrogen) atoms. The monoisotopic (exact) mass is 285 g/mol. The molecule has 0 aromatic heterocycles. The van der Waals surface area contributed by atoms with Gasteiger partial charge in [0.15, 0.2) is 0 Å². The molecule has 1 N–H and O–H groups in total. The van der Waals surface area contributed by atoms with Gasteiger partial charge in [-0.05, 0) is 32.9 Å². The normalized spacial score (nSPS) is 10.7. The third-order valence-electron chi connectivity index (χ3n) is 3.57. The highest BCUT2D eigenvalue weighted by molar-refractivity contribution is 5.69. The lowest BCUT2D eigenvalue weighted by atomic mass is 10.1. The number of unbranched alkanes of at least 4 members (excludes halogenated alkanes) is 9. The summed E-state index contributed by atoms with van der Waals surface area (Å²) in [7, 11) is 2.00. The van der Waals surface area contributed by atoms with Crippen LogP contribution < -0.4 is 5.32 Å². The first-order chi connectivity index (χ1) is 9.81. The first kappa shape index (κ1) is 19.4. The molecule has 0 atom stereocenters. The molecule has 3 nitrogen and oxygen atoms in total. The first-order valence-electron chi connectivity index (χ1n) is 8.61. The van der Waals surface area contributed by atoms with E-state index in [1.165, 1.54) is 51.4 Å². The Balaban J connectivity index is 3.11. The van der Waals surface area contributed by atoms with E-state index in [9.17, 15) is 4.79 Å². The molecule has 0 aliphatic heterocycles. The second-order valence-corrected chi connectivity index (χ2v) is 5.61. The Labute approximate surface area is 125 Å². The molecule has 0 radical (unpaired) electrons. The Bertz CT molecular complexity index is 207. The van der Waals surface area contributed by atoms with Gasteiger partial charge in [0.05, 0.1) is 6.61 Å². The zero-order valence-corrected chi connectivity index (χ0v) is 13.7. The molecule has 0 heterocycles. The van der Waals surface area contributed by atoms with Gasteiger partial charge in [0.1, 0.15) is 0 Å². The van der Waals surface area contributed by atoms with E-state index >= 15 is 0 Å². The van der Waals surface area contributed by atoms with E-state index in [0.717, 1.165) is 25.8 Å². The van der Waals surface area contributed by atoms with E-state index in [-0.39, 0.29) is 5.97 Å². The second kappa shape index (κ2) is 16.5. The summed E-state index contributed by atoms with van der Waals surface area (Å²) in [6, 6.07) is 0. The molecule has 0 aliphatic carbocycles. The molecule has 0 spiro atoms. The van der Waals surface area contributed by atoms with Crippen LogP contribution in [0.5, 0.6) is 0 Å². The third-order valence-corrected chi connectivity index (χ3v) is 3.57. The zero-order chi connectivity index (χ0) is 14.9. The molecule has 3 heteroatoms. The summed E-state index contributed by atoms with van der Waals surface area (Å²) in [5.74, 6) is -0.00415. The first-order valence-corrected chi connectivity index (χ1v) is 8.61. The van der Waals surface area contributed by atoms with Crippen molar-refractivity contribution in [1.82, 2.24) is 5.32 Å². The van der Waals surface area contributed by atoms with Gasteiger partial charge in [0.25, 0.3) is 0 Å². The number of hydrogen-bond acceptors (Lipinski definition) is 3. The smallest absolute Gasteiger partial charge is 0.305 e. The van der Waals surface area contributed by atoms with Crippen LogP contribution >= 0.6 is 0 Å². The van der Waals surface area contributed by atoms with Gasteiger partial charge in [-0.3, -0.25) is 4.79 Å². The van der Waals surface area contributed by atoms with Crippen molar-refractivity contribution < 1.29 is 9.53 Å². The largest absolute Gasteiger partial charge is 0.466 e. The van der Waals surface area contributed by atoms with Gasteiger partial charge < -0.3 is 10.1 Å². The molecule has 120 valence electrons. The lowest BCUT2D eigenvalue weighted by Crippen LogP contribution is -2.07. The number of carbonyl (C=O) groups is 1. The highest BCUT2D eigenvalue weighted by Crippen LogP contribution is 2.07. The number of esters is 1. The number of hydrogen-bond donors (Lipinski definition) is 1. The van der Waals surface area contributed by atoms with E-state index in [1.807, 2.05) is 7.05 Å². The minimum atomic E-state index is -0.00415. The van der Waals surface area contributed by atoms with Crippen LogP contribution in [0, 0.1) is 0 Å². The Morgan fingerprint density at radius 3 is 2.15 bits per heavy atom. The molecular weight excluding hydrogens is 250 g/mol. The average Bonchev–Trinajstić information content (AvgIpc) is 2.45. The molecule has 0 aliphatic rings. The Morgan fingerprint density at radius 2 is 1.45 bits per heavy atom. The van der Waals surface area contributed by atoms with Gasteiger partial charge in [-0.1, -0.05) is 58.3 Å². The SMILES string of the molecule is CCCCCCCC(=O)OCCCCCCCCNC. The van der Waals surface area contributed by atoms with Crippen molar-refractivity contribution in [3.63, 3.8) is 0 Å². The van der Waals surface area contributed by atoms with Crippen molar-refractivity contribution in [2.45, 2.75) is 84.0 Å². The summed E-state index contributed by atoms with van der Waals surface area (Å²) in [6.45, 7) is 3.94. The van der Waals surface area contributed by atoms with Gasteiger partial charge >= 0.3 is 5.97 Å². The van der Waals surface area contributed by atoms with Crippen molar-refractivity contribution in [3.05, 3.63) is 0 Å². The van der Waals surface area contributed by atoms with Crippen LogP contribution in [0.2, 0.25) is 0 Å². The minimum absolute atomic E-state index is 0.00415. The lowest BCUT2D eigenvalue weighted by molar-refractivity contribution is -0.143. The quantitative estimate of drug-likeness (QED) is 0.357. The highest BCUT2D eigenvalue weighted by Gasteiger charge is 2.02. The Morgan fingerprint density at radius 1 is 0.850 bits per heavy atom. The third kappa shape index (κ3) is 15.5. The van der Waals surface area contributed by atoms with E-state index in [2.05, 4.69) is 12.2 Å². The predicted octanol–water partition coefficient (Wildman–Crippen LogP) is 4.45. The van der Waals surface area contributed by atoms with Gasteiger partial charge in [-0.2, -0.15) is 0 Å². The van der Waals surface area contributed by atoms with Gasteiger partial charge in [0.2, 0.25) is 0 Å². The number of rotatable bonds is 15. The number of ether oxygens (including phenoxy) is 1. The van der Waals surface area contributed by atoms with Crippen LogP contribution in [0.15, 0.2) is 0 Å². The summed E-state index contributed by atoms with van der Waals surface area (Å²) >= 11 is 0. The molecule has 0 saturated heterocycles. The fraction of sp³-hybridized carbons (Fsp3) is 0.941. The molecule has 0 fully saturated rings. The number of nitrogens with one attached hydrogen (secondary N) is 1. The van der Waals surface area contributed by atoms with Gasteiger partial charge in [-0.15, -0.1) is 0 Å². The van der Waals surface area contributed by atoms with Crippen LogP contribution in [-0.2, 0) is 9.53 Å². The molecule has 0 aromatic rings. The number of carbonyl (C=O) groups excluding carboxylic acids is 1. The molecule has 0 rings (SSSR count). The minimum Gasteiger partial charge on any atom is -0.466 e. The van der Waals surface area contributed by atoms with Crippen LogP contribution in [0.1, 0.15) is 84.0 Å². The molecular formula is C17H35NO2. The summed E-state index contributed by atoms with van der Waals surface area (Å²) in [5.41, 5.74) is 0. The van der Waals surface area contributed by atoms with E-state index in [0.29, 0.717) is 13.0 Å². The maximum atomic E-state index is 11.5. The highest BCUT2D eigenvalue weighted by atomic mass is 16.5. The lowest BCUT2D eigenvalue weighted by Gasteiger charge is -2.05. The van der Waals surface area contributed by atoms with Gasteiger partial charge in [-0.25, -0.2) is 0 Å². The Kier molecular flexibility index (Phi) is 16.0. The summed E-state index contributed by atoms with van der Waals surface area (Å²) in [4.78, 5) is 11.5. The summed E-state index contributed by atoms with van der Waals surface area (Å²) in [6.07, 6.45) is 13.9. The van der Waals surface area contributed by atoms with Crippen molar-refractivity contribution >= 4 is 5.97 Å². The standard InChI is InChI=1S/C17H35NO2/c1-3-4-5-8-11-14-17(19)20-16-13-10-7-6-9-12-15-18-2/h18H,3-16H2,1-2H3. The van der Waals surface area contributed by atoms with Crippen LogP contribution in [0.25, 0.3) is 0 Å². The van der Waals surface area contributed by atoms with Crippen LogP contribution in [0.3, 0.4) is 0 Å².